The Bertz CT molecular complexity index is 319. The molecule has 1 aliphatic heterocycles. The van der Waals surface area contributed by atoms with E-state index in [1.54, 1.807) is 19.2 Å². The molecule has 0 aromatic heterocycles. The fourth-order valence-electron chi connectivity index (χ4n) is 1.89. The molecule has 14 heavy (non-hydrogen) atoms. The highest BCUT2D eigenvalue weighted by molar-refractivity contribution is 5.41. The minimum Gasteiger partial charge on any atom is -0.508 e. The molecule has 2 N–H and O–H groups in total. The summed E-state index contributed by atoms with van der Waals surface area (Å²) in [5, 5.41) is 13.0. The lowest BCUT2D eigenvalue weighted by atomic mass is 10.0. The number of methoxy groups -OCH3 is 1. The summed E-state index contributed by atoms with van der Waals surface area (Å²) in [4.78, 5) is 0. The Morgan fingerprint density at radius 3 is 3.00 bits per heavy atom. The Hall–Kier alpha value is -1.22. The molecule has 1 aliphatic rings. The second-order valence-electron chi connectivity index (χ2n) is 3.57. The van der Waals surface area contributed by atoms with Crippen molar-refractivity contribution in [3.8, 4) is 11.5 Å². The van der Waals surface area contributed by atoms with E-state index in [4.69, 9.17) is 4.74 Å². The van der Waals surface area contributed by atoms with Gasteiger partial charge >= 0.3 is 0 Å². The van der Waals surface area contributed by atoms with Gasteiger partial charge in [0.2, 0.25) is 0 Å². The van der Waals surface area contributed by atoms with Gasteiger partial charge in [0, 0.05) is 11.6 Å². The van der Waals surface area contributed by atoms with Gasteiger partial charge in [-0.25, -0.2) is 0 Å². The molecule has 0 unspecified atom stereocenters. The van der Waals surface area contributed by atoms with Crippen LogP contribution in [0.15, 0.2) is 18.2 Å². The van der Waals surface area contributed by atoms with E-state index in [9.17, 15) is 5.11 Å². The van der Waals surface area contributed by atoms with Crippen LogP contribution in [0, 0.1) is 0 Å². The number of hydrogen-bond acceptors (Lipinski definition) is 3. The average Bonchev–Trinajstić information content (AvgIpc) is 2.71. The number of benzene rings is 1. The SMILES string of the molecule is COc1ccc(O)c([C@H]2CCCN2)c1. The molecular formula is C11H15NO2. The highest BCUT2D eigenvalue weighted by Crippen LogP contribution is 2.32. The fraction of sp³-hybridized carbons (Fsp3) is 0.455. The summed E-state index contributed by atoms with van der Waals surface area (Å²) in [7, 11) is 1.64. The van der Waals surface area contributed by atoms with Crippen molar-refractivity contribution in [2.24, 2.45) is 0 Å². The number of hydrogen-bond donors (Lipinski definition) is 2. The molecule has 0 spiro atoms. The molecule has 1 aromatic carbocycles. The van der Waals surface area contributed by atoms with Crippen LogP contribution in [0.5, 0.6) is 11.5 Å². The first-order valence-corrected chi connectivity index (χ1v) is 4.91. The van der Waals surface area contributed by atoms with Gasteiger partial charge in [-0.3, -0.25) is 0 Å². The average molecular weight is 193 g/mol. The van der Waals surface area contributed by atoms with Crippen molar-refractivity contribution < 1.29 is 9.84 Å². The lowest BCUT2D eigenvalue weighted by Gasteiger charge is -2.13. The molecule has 0 aliphatic carbocycles. The molecule has 1 aromatic rings. The summed E-state index contributed by atoms with van der Waals surface area (Å²) in [6, 6.07) is 5.64. The Morgan fingerprint density at radius 1 is 1.50 bits per heavy atom. The highest BCUT2D eigenvalue weighted by atomic mass is 16.5. The van der Waals surface area contributed by atoms with Gasteiger partial charge in [0.25, 0.3) is 0 Å². The summed E-state index contributed by atoms with van der Waals surface area (Å²) in [5.74, 6) is 1.15. The van der Waals surface area contributed by atoms with E-state index in [2.05, 4.69) is 5.32 Å². The van der Waals surface area contributed by atoms with E-state index in [1.165, 1.54) is 6.42 Å². The van der Waals surface area contributed by atoms with Gasteiger partial charge in [0.15, 0.2) is 0 Å². The van der Waals surface area contributed by atoms with Gasteiger partial charge in [-0.15, -0.1) is 0 Å². The van der Waals surface area contributed by atoms with Crippen LogP contribution in [0.1, 0.15) is 24.4 Å². The van der Waals surface area contributed by atoms with Crippen molar-refractivity contribution in [2.75, 3.05) is 13.7 Å². The van der Waals surface area contributed by atoms with Crippen LogP contribution in [0.2, 0.25) is 0 Å². The maximum atomic E-state index is 9.70. The quantitative estimate of drug-likeness (QED) is 0.752. The topological polar surface area (TPSA) is 41.5 Å². The van der Waals surface area contributed by atoms with Crippen molar-refractivity contribution in [1.29, 1.82) is 0 Å². The molecule has 1 saturated heterocycles. The molecule has 1 atom stereocenters. The normalized spacial score (nSPS) is 21.1. The third kappa shape index (κ3) is 1.68. The third-order valence-electron chi connectivity index (χ3n) is 2.67. The first-order chi connectivity index (χ1) is 6.81. The molecule has 1 fully saturated rings. The maximum absolute atomic E-state index is 9.70. The Morgan fingerprint density at radius 2 is 2.36 bits per heavy atom. The maximum Gasteiger partial charge on any atom is 0.120 e. The lowest BCUT2D eigenvalue weighted by molar-refractivity contribution is 0.408. The molecule has 3 heteroatoms. The molecular weight excluding hydrogens is 178 g/mol. The van der Waals surface area contributed by atoms with Crippen LogP contribution in [0.4, 0.5) is 0 Å². The zero-order chi connectivity index (χ0) is 9.97. The van der Waals surface area contributed by atoms with Crippen LogP contribution in [0.25, 0.3) is 0 Å². The van der Waals surface area contributed by atoms with E-state index in [-0.39, 0.29) is 6.04 Å². The smallest absolute Gasteiger partial charge is 0.120 e. The van der Waals surface area contributed by atoms with E-state index in [0.29, 0.717) is 5.75 Å². The molecule has 1 heterocycles. The highest BCUT2D eigenvalue weighted by Gasteiger charge is 2.19. The van der Waals surface area contributed by atoms with Gasteiger partial charge < -0.3 is 15.2 Å². The summed E-state index contributed by atoms with van der Waals surface area (Å²) in [5.41, 5.74) is 0.946. The van der Waals surface area contributed by atoms with E-state index < -0.39 is 0 Å². The first-order valence-electron chi connectivity index (χ1n) is 4.91. The number of ether oxygens (including phenoxy) is 1. The number of phenols is 1. The molecule has 2 rings (SSSR count). The predicted octanol–water partition coefficient (Wildman–Crippen LogP) is 1.83. The van der Waals surface area contributed by atoms with Crippen molar-refractivity contribution in [3.63, 3.8) is 0 Å². The van der Waals surface area contributed by atoms with Crippen molar-refractivity contribution in [3.05, 3.63) is 23.8 Å². The predicted molar refractivity (Wildman–Crippen MR) is 54.6 cm³/mol. The Kier molecular flexibility index (Phi) is 2.59. The second-order valence-corrected chi connectivity index (χ2v) is 3.57. The van der Waals surface area contributed by atoms with Crippen LogP contribution in [0.3, 0.4) is 0 Å². The number of phenolic OH excluding ortho intramolecular Hbond substituents is 1. The van der Waals surface area contributed by atoms with Gasteiger partial charge in [-0.1, -0.05) is 0 Å². The summed E-state index contributed by atoms with van der Waals surface area (Å²) >= 11 is 0. The van der Waals surface area contributed by atoms with Gasteiger partial charge in [0.1, 0.15) is 11.5 Å². The van der Waals surface area contributed by atoms with E-state index >= 15 is 0 Å². The summed E-state index contributed by atoms with van der Waals surface area (Å²) < 4.78 is 5.13. The molecule has 3 nitrogen and oxygen atoms in total. The van der Waals surface area contributed by atoms with Gasteiger partial charge in [-0.2, -0.15) is 0 Å². The standard InChI is InChI=1S/C11H15NO2/c1-14-8-4-5-11(13)9(7-8)10-3-2-6-12-10/h4-5,7,10,12-13H,2-3,6H2,1H3/t10-/m1/s1. The molecule has 0 amide bonds. The molecule has 0 bridgehead atoms. The van der Waals surface area contributed by atoms with E-state index in [1.807, 2.05) is 6.07 Å². The molecule has 76 valence electrons. The monoisotopic (exact) mass is 193 g/mol. The first kappa shape index (κ1) is 9.34. The van der Waals surface area contributed by atoms with Crippen LogP contribution < -0.4 is 10.1 Å². The van der Waals surface area contributed by atoms with Crippen molar-refractivity contribution in [1.82, 2.24) is 5.32 Å². The minimum absolute atomic E-state index is 0.282. The number of aromatic hydroxyl groups is 1. The number of nitrogens with one attached hydrogen (secondary N) is 1. The largest absolute Gasteiger partial charge is 0.508 e. The van der Waals surface area contributed by atoms with Crippen LogP contribution in [-0.4, -0.2) is 18.8 Å². The van der Waals surface area contributed by atoms with Crippen LogP contribution in [-0.2, 0) is 0 Å². The minimum atomic E-state index is 0.282. The Labute approximate surface area is 83.7 Å². The summed E-state index contributed by atoms with van der Waals surface area (Å²) in [6.45, 7) is 1.03. The summed E-state index contributed by atoms with van der Waals surface area (Å²) in [6.07, 6.45) is 2.25. The second kappa shape index (κ2) is 3.88. The zero-order valence-electron chi connectivity index (χ0n) is 8.29. The molecule has 0 radical (unpaired) electrons. The van der Waals surface area contributed by atoms with Crippen molar-refractivity contribution in [2.45, 2.75) is 18.9 Å². The van der Waals surface area contributed by atoms with E-state index in [0.717, 1.165) is 24.3 Å². The van der Waals surface area contributed by atoms with Gasteiger partial charge in [-0.05, 0) is 37.6 Å². The third-order valence-corrected chi connectivity index (χ3v) is 2.67. The number of rotatable bonds is 2. The molecule has 0 saturated carbocycles. The van der Waals surface area contributed by atoms with Gasteiger partial charge in [0.05, 0.1) is 7.11 Å². The zero-order valence-corrected chi connectivity index (χ0v) is 8.29. The fourth-order valence-corrected chi connectivity index (χ4v) is 1.89. The van der Waals surface area contributed by atoms with Crippen LogP contribution >= 0.6 is 0 Å². The van der Waals surface area contributed by atoms with Crippen molar-refractivity contribution >= 4 is 0 Å². The Balaban J connectivity index is 2.29. The lowest BCUT2D eigenvalue weighted by Crippen LogP contribution is -2.12.